The Morgan fingerprint density at radius 2 is 0.969 bits per heavy atom. The molecule has 0 unspecified atom stereocenters. The van der Waals surface area contributed by atoms with Crippen LogP contribution in [-0.2, 0) is 0 Å². The smallest absolute Gasteiger partial charge is 0.0883 e. The van der Waals surface area contributed by atoms with Gasteiger partial charge in [-0.1, -0.05) is 99.9 Å². The van der Waals surface area contributed by atoms with Crippen LogP contribution >= 0.6 is 7.26 Å². The first-order valence-corrected chi connectivity index (χ1v) is 14.4. The molecule has 32 heavy (non-hydrogen) atoms. The van der Waals surface area contributed by atoms with Gasteiger partial charge in [0, 0.05) is 0 Å². The highest BCUT2D eigenvalue weighted by atomic mass is 31.2. The Labute approximate surface area is 197 Å². The molecule has 0 bridgehead atoms. The Kier molecular flexibility index (Phi) is 10.2. The molecule has 0 aliphatic carbocycles. The van der Waals surface area contributed by atoms with Crippen molar-refractivity contribution in [3.63, 3.8) is 0 Å². The maximum absolute atomic E-state index is 2.36. The van der Waals surface area contributed by atoms with Gasteiger partial charge < -0.3 is 0 Å². The van der Waals surface area contributed by atoms with Gasteiger partial charge in [-0.25, -0.2) is 0 Å². The topological polar surface area (TPSA) is 0 Å². The van der Waals surface area contributed by atoms with Gasteiger partial charge in [-0.15, -0.1) is 0 Å². The number of hydrogen-bond acceptors (Lipinski definition) is 0. The van der Waals surface area contributed by atoms with Gasteiger partial charge in [0.1, 0.15) is 23.2 Å². The van der Waals surface area contributed by atoms with Crippen molar-refractivity contribution in [2.24, 2.45) is 5.92 Å². The van der Waals surface area contributed by atoms with Crippen LogP contribution in [0.15, 0.2) is 103 Å². The third-order valence-corrected chi connectivity index (χ3v) is 10.8. The second kappa shape index (κ2) is 13.4. The highest BCUT2D eigenvalue weighted by Gasteiger charge is 2.44. The molecule has 0 amide bonds. The molecule has 0 aromatic heterocycles. The van der Waals surface area contributed by atoms with E-state index in [1.807, 2.05) is 0 Å². The van der Waals surface area contributed by atoms with E-state index < -0.39 is 7.26 Å². The van der Waals surface area contributed by atoms with E-state index in [1.54, 1.807) is 0 Å². The van der Waals surface area contributed by atoms with Crippen molar-refractivity contribution in [3.05, 3.63) is 103 Å². The fourth-order valence-electron chi connectivity index (χ4n) is 4.57. The molecule has 3 rings (SSSR count). The summed E-state index contributed by atoms with van der Waals surface area (Å²) in [5.41, 5.74) is 0. The molecule has 0 radical (unpaired) electrons. The van der Waals surface area contributed by atoms with E-state index >= 15 is 0 Å². The molecule has 0 saturated heterocycles. The minimum absolute atomic E-state index is 0.678. The molecule has 0 atom stereocenters. The molecule has 0 fully saturated rings. The quantitative estimate of drug-likeness (QED) is 0.143. The predicted octanol–water partition coefficient (Wildman–Crippen LogP) is 7.92. The van der Waals surface area contributed by atoms with Crippen LogP contribution in [0.2, 0.25) is 0 Å². The lowest BCUT2D eigenvalue weighted by Gasteiger charge is -2.27. The molecule has 3 aromatic rings. The van der Waals surface area contributed by atoms with Crippen molar-refractivity contribution < 1.29 is 0 Å². The monoisotopic (exact) mass is 443 g/mol. The number of hydrogen-bond donors (Lipinski definition) is 0. The SMILES string of the molecule is CC(C)/C=C/CCCCCCCC[P+](c1ccccc1)(c1ccccc1)c1ccccc1. The van der Waals surface area contributed by atoms with Crippen molar-refractivity contribution in [1.29, 1.82) is 0 Å². The lowest BCUT2D eigenvalue weighted by Crippen LogP contribution is -2.33. The van der Waals surface area contributed by atoms with Crippen LogP contribution in [0.5, 0.6) is 0 Å². The largest absolute Gasteiger partial charge is 0.112 e. The Bertz CT molecular complexity index is 800. The second-order valence-electron chi connectivity index (χ2n) is 9.12. The minimum atomic E-state index is -1.64. The third kappa shape index (κ3) is 6.91. The third-order valence-electron chi connectivity index (χ3n) is 6.23. The summed E-state index contributed by atoms with van der Waals surface area (Å²) in [6.45, 7) is 4.50. The summed E-state index contributed by atoms with van der Waals surface area (Å²) in [7, 11) is -1.64. The molecule has 0 spiro atoms. The Morgan fingerprint density at radius 3 is 1.41 bits per heavy atom. The van der Waals surface area contributed by atoms with Crippen LogP contribution in [0, 0.1) is 5.92 Å². The first kappa shape index (κ1) is 24.5. The average Bonchev–Trinajstić information content (AvgIpc) is 2.84. The van der Waals surface area contributed by atoms with Crippen LogP contribution in [0.1, 0.15) is 58.8 Å². The summed E-state index contributed by atoms with van der Waals surface area (Å²) in [5, 5.41) is 4.53. The van der Waals surface area contributed by atoms with Crippen LogP contribution < -0.4 is 15.9 Å². The molecule has 1 heteroatoms. The summed E-state index contributed by atoms with van der Waals surface area (Å²) >= 11 is 0. The number of rotatable bonds is 13. The van der Waals surface area contributed by atoms with Crippen LogP contribution in [0.4, 0.5) is 0 Å². The van der Waals surface area contributed by atoms with E-state index in [0.717, 1.165) is 0 Å². The number of unbranched alkanes of at least 4 members (excludes halogenated alkanes) is 6. The van der Waals surface area contributed by atoms with Gasteiger partial charge in [-0.3, -0.25) is 0 Å². The van der Waals surface area contributed by atoms with Gasteiger partial charge >= 0.3 is 0 Å². The fraction of sp³-hybridized carbons (Fsp3) is 0.355. The molecule has 168 valence electrons. The molecule has 0 nitrogen and oxygen atoms in total. The Balaban J connectivity index is 1.68. The molecule has 0 aliphatic rings. The molecular weight excluding hydrogens is 403 g/mol. The zero-order valence-electron chi connectivity index (χ0n) is 20.0. The van der Waals surface area contributed by atoms with Crippen molar-refractivity contribution in [3.8, 4) is 0 Å². The highest BCUT2D eigenvalue weighted by Crippen LogP contribution is 2.55. The van der Waals surface area contributed by atoms with E-state index in [0.29, 0.717) is 5.92 Å². The van der Waals surface area contributed by atoms with E-state index in [2.05, 4.69) is 117 Å². The van der Waals surface area contributed by atoms with Crippen LogP contribution in [0.25, 0.3) is 0 Å². The van der Waals surface area contributed by atoms with Crippen molar-refractivity contribution in [2.45, 2.75) is 58.8 Å². The maximum atomic E-state index is 2.36. The first-order chi connectivity index (χ1) is 15.7. The molecule has 3 aromatic carbocycles. The van der Waals surface area contributed by atoms with Gasteiger partial charge in [-0.05, 0) is 68.0 Å². The van der Waals surface area contributed by atoms with Crippen molar-refractivity contribution in [2.75, 3.05) is 6.16 Å². The van der Waals surface area contributed by atoms with Crippen LogP contribution in [0.3, 0.4) is 0 Å². The van der Waals surface area contributed by atoms with E-state index in [1.165, 1.54) is 67.0 Å². The summed E-state index contributed by atoms with van der Waals surface area (Å²) in [6.07, 6.45) is 15.2. The summed E-state index contributed by atoms with van der Waals surface area (Å²) in [4.78, 5) is 0. The van der Waals surface area contributed by atoms with Gasteiger partial charge in [-0.2, -0.15) is 0 Å². The zero-order chi connectivity index (χ0) is 22.5. The first-order valence-electron chi connectivity index (χ1n) is 12.4. The standard InChI is InChI=1S/C31H40P/c1-28(2)20-12-7-5-3-4-6-8-19-27-32(29-21-13-9-14-22-29,30-23-15-10-16-24-30)31-25-17-11-18-26-31/h9-18,20-26,28H,3-8,19,27H2,1-2H3/q+1/b20-12+. The normalized spacial score (nSPS) is 12.0. The van der Waals surface area contributed by atoms with Gasteiger partial charge in [0.2, 0.25) is 0 Å². The Morgan fingerprint density at radius 1 is 0.562 bits per heavy atom. The van der Waals surface area contributed by atoms with Gasteiger partial charge in [0.25, 0.3) is 0 Å². The molecular formula is C31H40P+. The zero-order valence-corrected chi connectivity index (χ0v) is 20.9. The molecule has 0 aliphatic heterocycles. The number of benzene rings is 3. The van der Waals surface area contributed by atoms with E-state index in [-0.39, 0.29) is 0 Å². The molecule has 0 saturated carbocycles. The Hall–Kier alpha value is -2.17. The second-order valence-corrected chi connectivity index (χ2v) is 12.7. The summed E-state index contributed by atoms with van der Waals surface area (Å²) in [6, 6.07) is 33.9. The summed E-state index contributed by atoms with van der Waals surface area (Å²) in [5.74, 6) is 0.678. The average molecular weight is 444 g/mol. The van der Waals surface area contributed by atoms with Crippen molar-refractivity contribution >= 4 is 23.2 Å². The predicted molar refractivity (Wildman–Crippen MR) is 146 cm³/mol. The van der Waals surface area contributed by atoms with E-state index in [9.17, 15) is 0 Å². The van der Waals surface area contributed by atoms with E-state index in [4.69, 9.17) is 0 Å². The lowest BCUT2D eigenvalue weighted by molar-refractivity contribution is 0.612. The van der Waals surface area contributed by atoms with Crippen molar-refractivity contribution in [1.82, 2.24) is 0 Å². The molecule has 0 heterocycles. The summed E-state index contributed by atoms with van der Waals surface area (Å²) < 4.78 is 0. The number of allylic oxidation sites excluding steroid dienone is 2. The highest BCUT2D eigenvalue weighted by molar-refractivity contribution is 7.95. The van der Waals surface area contributed by atoms with Crippen LogP contribution in [-0.4, -0.2) is 6.16 Å². The minimum Gasteiger partial charge on any atom is -0.0883 e. The van der Waals surface area contributed by atoms with Gasteiger partial charge in [0.05, 0.1) is 6.16 Å². The maximum Gasteiger partial charge on any atom is 0.112 e. The molecule has 0 N–H and O–H groups in total. The van der Waals surface area contributed by atoms with Gasteiger partial charge in [0.15, 0.2) is 0 Å². The fourth-order valence-corrected chi connectivity index (χ4v) is 8.98. The lowest BCUT2D eigenvalue weighted by atomic mass is 10.1.